The number of nitrogens with zero attached hydrogens (tertiary/aromatic N) is 3. The average molecular weight is 455 g/mol. The minimum atomic E-state index is -0.765. The summed E-state index contributed by atoms with van der Waals surface area (Å²) in [6.45, 7) is 1.85. The third-order valence-corrected chi connectivity index (χ3v) is 4.50. The molecule has 1 N–H and O–H groups in total. The van der Waals surface area contributed by atoms with Crippen molar-refractivity contribution in [2.75, 3.05) is 0 Å². The predicted octanol–water partition coefficient (Wildman–Crippen LogP) is 5.02. The van der Waals surface area contributed by atoms with E-state index in [2.05, 4.69) is 10.5 Å². The van der Waals surface area contributed by atoms with Gasteiger partial charge in [0.15, 0.2) is 0 Å². The van der Waals surface area contributed by atoms with Crippen molar-refractivity contribution in [2.24, 2.45) is 5.10 Å². The molecule has 162 valence electrons. The number of carbonyl (C=O) groups is 1. The Hall–Kier alpha value is -4.31. The highest BCUT2D eigenvalue weighted by Gasteiger charge is 2.21. The highest BCUT2D eigenvalue weighted by atomic mass is 35.5. The smallest absolute Gasteiger partial charge is 0.318 e. The third-order valence-electron chi connectivity index (χ3n) is 4.18. The zero-order chi connectivity index (χ0) is 23.3. The Balaban J connectivity index is 1.74. The minimum absolute atomic E-state index is 0.156. The first kappa shape index (κ1) is 22.4. The van der Waals surface area contributed by atoms with Crippen LogP contribution in [-0.2, 0) is 0 Å². The molecule has 0 aliphatic heterocycles. The van der Waals surface area contributed by atoms with E-state index in [1.54, 1.807) is 36.4 Å². The number of carbonyl (C=O) groups excluding carboxylic acids is 1. The second kappa shape index (κ2) is 9.67. The van der Waals surface area contributed by atoms with Crippen LogP contribution in [0.15, 0.2) is 65.8 Å². The summed E-state index contributed by atoms with van der Waals surface area (Å²) < 4.78 is 5.54. The number of hydrazone groups is 1. The molecular formula is C21H15ClN4O6. The van der Waals surface area contributed by atoms with Crippen LogP contribution >= 0.6 is 11.6 Å². The van der Waals surface area contributed by atoms with Crippen molar-refractivity contribution in [3.8, 4) is 11.5 Å². The van der Waals surface area contributed by atoms with Crippen molar-refractivity contribution in [2.45, 2.75) is 6.92 Å². The van der Waals surface area contributed by atoms with Crippen LogP contribution < -0.4 is 10.2 Å². The molecule has 0 fully saturated rings. The van der Waals surface area contributed by atoms with Crippen LogP contribution in [0.4, 0.5) is 11.4 Å². The molecule has 0 radical (unpaired) electrons. The van der Waals surface area contributed by atoms with Crippen LogP contribution in [0, 0.1) is 27.2 Å². The second-order valence-corrected chi connectivity index (χ2v) is 6.93. The summed E-state index contributed by atoms with van der Waals surface area (Å²) in [6.07, 6.45) is 1.36. The van der Waals surface area contributed by atoms with Crippen molar-refractivity contribution in [3.63, 3.8) is 0 Å². The minimum Gasteiger partial charge on any atom is -0.450 e. The van der Waals surface area contributed by atoms with Gasteiger partial charge in [0.05, 0.1) is 32.7 Å². The van der Waals surface area contributed by atoms with Gasteiger partial charge in [-0.05, 0) is 48.4 Å². The van der Waals surface area contributed by atoms with Crippen molar-refractivity contribution < 1.29 is 19.4 Å². The molecule has 0 saturated heterocycles. The first-order valence-electron chi connectivity index (χ1n) is 9.05. The molecule has 3 aromatic carbocycles. The summed E-state index contributed by atoms with van der Waals surface area (Å²) in [5.74, 6) is -0.407. The van der Waals surface area contributed by atoms with Crippen LogP contribution in [0.25, 0.3) is 0 Å². The van der Waals surface area contributed by atoms with E-state index in [1.165, 1.54) is 12.3 Å². The Morgan fingerprint density at radius 2 is 1.84 bits per heavy atom. The molecule has 0 saturated carbocycles. The number of nitro groups is 2. The lowest BCUT2D eigenvalue weighted by molar-refractivity contribution is -0.394. The SMILES string of the molecule is Cc1ccc(C(=O)N/N=C\c2cccc(Oc3ccc([N+](=O)[O-])cc3[N+](=O)[O-])c2)c(Cl)c1. The van der Waals surface area contributed by atoms with Gasteiger partial charge >= 0.3 is 5.69 Å². The van der Waals surface area contributed by atoms with E-state index in [4.69, 9.17) is 16.3 Å². The van der Waals surface area contributed by atoms with Gasteiger partial charge in [-0.2, -0.15) is 5.10 Å². The maximum atomic E-state index is 12.2. The van der Waals surface area contributed by atoms with Crippen LogP contribution in [0.5, 0.6) is 11.5 Å². The van der Waals surface area contributed by atoms with Crippen molar-refractivity contribution in [1.29, 1.82) is 0 Å². The van der Waals surface area contributed by atoms with Crippen LogP contribution in [0.1, 0.15) is 21.5 Å². The standard InChI is InChI=1S/C21H15ClN4O6/c1-13-5-7-17(18(22)9-13)21(27)24-23-12-14-3-2-4-16(10-14)32-20-8-6-15(25(28)29)11-19(20)26(30)31/h2-12H,1H3,(H,24,27)/b23-12-. The number of rotatable bonds is 7. The van der Waals surface area contributed by atoms with Gasteiger partial charge in [-0.1, -0.05) is 29.8 Å². The first-order chi connectivity index (χ1) is 15.2. The summed E-state index contributed by atoms with van der Waals surface area (Å²) in [6, 6.07) is 14.5. The van der Waals surface area contributed by atoms with E-state index in [1.807, 2.05) is 6.92 Å². The lowest BCUT2D eigenvalue weighted by Gasteiger charge is -2.07. The first-order valence-corrected chi connectivity index (χ1v) is 9.42. The van der Waals surface area contributed by atoms with Gasteiger partial charge in [-0.15, -0.1) is 0 Å². The van der Waals surface area contributed by atoms with E-state index in [9.17, 15) is 25.0 Å². The molecule has 0 bridgehead atoms. The number of non-ortho nitro benzene ring substituents is 1. The third kappa shape index (κ3) is 5.43. The van der Waals surface area contributed by atoms with Crippen molar-refractivity contribution in [3.05, 3.63) is 103 Å². The number of ether oxygens (including phenoxy) is 1. The number of nitrogens with one attached hydrogen (secondary N) is 1. The molecule has 32 heavy (non-hydrogen) atoms. The Morgan fingerprint density at radius 3 is 2.53 bits per heavy atom. The lowest BCUT2D eigenvalue weighted by Crippen LogP contribution is -2.18. The number of aryl methyl sites for hydroxylation is 1. The quantitative estimate of drug-likeness (QED) is 0.302. The number of hydrogen-bond acceptors (Lipinski definition) is 7. The highest BCUT2D eigenvalue weighted by Crippen LogP contribution is 2.34. The van der Waals surface area contributed by atoms with Gasteiger partial charge in [0.1, 0.15) is 5.75 Å². The fourth-order valence-corrected chi connectivity index (χ4v) is 2.98. The molecular weight excluding hydrogens is 440 g/mol. The summed E-state index contributed by atoms with van der Waals surface area (Å²) in [5, 5.41) is 26.3. The molecule has 1 amide bonds. The Bertz CT molecular complexity index is 1240. The molecule has 3 rings (SSSR count). The maximum absolute atomic E-state index is 12.2. The van der Waals surface area contributed by atoms with E-state index in [0.29, 0.717) is 10.6 Å². The molecule has 11 heteroatoms. The summed E-state index contributed by atoms with van der Waals surface area (Å²) in [5.41, 5.74) is 3.13. The van der Waals surface area contributed by atoms with E-state index in [-0.39, 0.29) is 17.1 Å². The van der Waals surface area contributed by atoms with Crippen LogP contribution in [0.2, 0.25) is 5.02 Å². The van der Waals surface area contributed by atoms with Crippen molar-refractivity contribution in [1.82, 2.24) is 5.43 Å². The van der Waals surface area contributed by atoms with Gasteiger partial charge in [0.25, 0.3) is 11.6 Å². The molecule has 3 aromatic rings. The normalized spacial score (nSPS) is 10.7. The fourth-order valence-electron chi connectivity index (χ4n) is 2.66. The number of nitro benzene ring substituents is 2. The van der Waals surface area contributed by atoms with E-state index in [0.717, 1.165) is 23.8 Å². The average Bonchev–Trinajstić information content (AvgIpc) is 2.74. The topological polar surface area (TPSA) is 137 Å². The van der Waals surface area contributed by atoms with Crippen molar-refractivity contribution >= 4 is 35.1 Å². The van der Waals surface area contributed by atoms with Crippen LogP contribution in [-0.4, -0.2) is 22.0 Å². The maximum Gasteiger partial charge on any atom is 0.318 e. The van der Waals surface area contributed by atoms with Gasteiger partial charge in [0, 0.05) is 6.07 Å². The number of amides is 1. The monoisotopic (exact) mass is 454 g/mol. The zero-order valence-electron chi connectivity index (χ0n) is 16.5. The summed E-state index contributed by atoms with van der Waals surface area (Å²) in [7, 11) is 0. The Morgan fingerprint density at radius 1 is 1.06 bits per heavy atom. The highest BCUT2D eigenvalue weighted by molar-refractivity contribution is 6.33. The molecule has 0 heterocycles. The van der Waals surface area contributed by atoms with E-state index >= 15 is 0 Å². The van der Waals surface area contributed by atoms with Gasteiger partial charge in [0.2, 0.25) is 5.75 Å². The van der Waals surface area contributed by atoms with Crippen LogP contribution in [0.3, 0.4) is 0 Å². The molecule has 0 unspecified atom stereocenters. The van der Waals surface area contributed by atoms with Gasteiger partial charge < -0.3 is 4.74 Å². The van der Waals surface area contributed by atoms with E-state index < -0.39 is 27.1 Å². The molecule has 10 nitrogen and oxygen atoms in total. The fraction of sp³-hybridized carbons (Fsp3) is 0.0476. The molecule has 0 aromatic heterocycles. The van der Waals surface area contributed by atoms with Gasteiger partial charge in [-0.3, -0.25) is 25.0 Å². The molecule has 0 aliphatic rings. The lowest BCUT2D eigenvalue weighted by atomic mass is 10.1. The summed E-state index contributed by atoms with van der Waals surface area (Å²) in [4.78, 5) is 32.8. The number of benzene rings is 3. The van der Waals surface area contributed by atoms with Gasteiger partial charge in [-0.25, -0.2) is 5.43 Å². The second-order valence-electron chi connectivity index (χ2n) is 6.52. The predicted molar refractivity (Wildman–Crippen MR) is 118 cm³/mol. The summed E-state index contributed by atoms with van der Waals surface area (Å²) >= 11 is 6.07. The Kier molecular flexibility index (Phi) is 6.76. The molecule has 0 atom stereocenters. The molecule has 0 spiro atoms. The number of halogens is 1. The zero-order valence-corrected chi connectivity index (χ0v) is 17.3. The largest absolute Gasteiger partial charge is 0.450 e. The Labute approximate surface area is 186 Å². The number of hydrogen-bond donors (Lipinski definition) is 1. The molecule has 0 aliphatic carbocycles.